The Bertz CT molecular complexity index is 278. The van der Waals surface area contributed by atoms with Crippen LogP contribution in [0.25, 0.3) is 0 Å². The molecule has 2 nitrogen and oxygen atoms in total. The molecular weight excluding hydrogens is 216 g/mol. The molecule has 2 rings (SSSR count). The fourth-order valence-corrected chi connectivity index (χ4v) is 3.21. The number of hydrogen-bond donors (Lipinski definition) is 1. The summed E-state index contributed by atoms with van der Waals surface area (Å²) in [6.45, 7) is 3.33. The summed E-state index contributed by atoms with van der Waals surface area (Å²) in [5, 5.41) is 5.84. The third-order valence-electron chi connectivity index (χ3n) is 3.49. The van der Waals surface area contributed by atoms with Gasteiger partial charge in [0.2, 0.25) is 0 Å². The van der Waals surface area contributed by atoms with Crippen LogP contribution in [0.15, 0.2) is 10.9 Å². The molecule has 1 aromatic rings. The van der Waals surface area contributed by atoms with Crippen molar-refractivity contribution in [2.45, 2.75) is 51.5 Å². The molecule has 0 aromatic carbocycles. The molecule has 1 fully saturated rings. The lowest BCUT2D eigenvalue weighted by molar-refractivity contribution is 0.390. The fourth-order valence-electron chi connectivity index (χ4n) is 2.60. The van der Waals surface area contributed by atoms with Crippen LogP contribution in [0.3, 0.4) is 0 Å². The van der Waals surface area contributed by atoms with E-state index >= 15 is 0 Å². The molecule has 1 aliphatic carbocycles. The maximum absolute atomic E-state index is 4.47. The van der Waals surface area contributed by atoms with Gasteiger partial charge < -0.3 is 5.32 Å². The second-order valence-electron chi connectivity index (χ2n) is 4.81. The molecule has 1 aliphatic rings. The summed E-state index contributed by atoms with van der Waals surface area (Å²) in [5.74, 6) is 0.927. The van der Waals surface area contributed by atoms with Gasteiger partial charge in [0.1, 0.15) is 0 Å². The zero-order chi connectivity index (χ0) is 11.2. The maximum atomic E-state index is 4.47. The highest BCUT2D eigenvalue weighted by Gasteiger charge is 2.21. The average molecular weight is 238 g/mol. The van der Waals surface area contributed by atoms with E-state index in [1.807, 2.05) is 5.51 Å². The first-order valence-electron chi connectivity index (χ1n) is 6.51. The lowest BCUT2D eigenvalue weighted by Gasteiger charge is -2.20. The third-order valence-corrected chi connectivity index (χ3v) is 4.10. The van der Waals surface area contributed by atoms with E-state index in [0.717, 1.165) is 12.5 Å². The molecule has 1 atom stereocenters. The Morgan fingerprint density at radius 1 is 1.50 bits per heavy atom. The number of rotatable bonds is 6. The van der Waals surface area contributed by atoms with Gasteiger partial charge in [-0.3, -0.25) is 0 Å². The number of hydrogen-bond acceptors (Lipinski definition) is 3. The molecule has 0 spiro atoms. The predicted molar refractivity (Wildman–Crippen MR) is 69.7 cm³/mol. The first-order chi connectivity index (χ1) is 7.90. The summed E-state index contributed by atoms with van der Waals surface area (Å²) in [4.78, 5) is 4.47. The van der Waals surface area contributed by atoms with Crippen LogP contribution in [0.5, 0.6) is 0 Å². The summed E-state index contributed by atoms with van der Waals surface area (Å²) in [7, 11) is 0. The van der Waals surface area contributed by atoms with Gasteiger partial charge in [-0.2, -0.15) is 0 Å². The highest BCUT2D eigenvalue weighted by Crippen LogP contribution is 2.32. The van der Waals surface area contributed by atoms with Crippen molar-refractivity contribution in [3.05, 3.63) is 16.6 Å². The summed E-state index contributed by atoms with van der Waals surface area (Å²) < 4.78 is 0. The second-order valence-corrected chi connectivity index (χ2v) is 5.52. The lowest BCUT2D eigenvalue weighted by Crippen LogP contribution is -2.24. The van der Waals surface area contributed by atoms with Gasteiger partial charge in [-0.15, -0.1) is 11.3 Å². The summed E-state index contributed by atoms with van der Waals surface area (Å²) in [5.41, 5.74) is 3.20. The van der Waals surface area contributed by atoms with Crippen LogP contribution < -0.4 is 5.32 Å². The van der Waals surface area contributed by atoms with E-state index in [1.165, 1.54) is 44.2 Å². The summed E-state index contributed by atoms with van der Waals surface area (Å²) in [6, 6.07) is 0.495. The summed E-state index contributed by atoms with van der Waals surface area (Å²) in [6.07, 6.45) is 8.20. The van der Waals surface area contributed by atoms with Gasteiger partial charge in [-0.05, 0) is 25.3 Å². The zero-order valence-electron chi connectivity index (χ0n) is 10.1. The molecule has 0 saturated heterocycles. The van der Waals surface area contributed by atoms with Crippen LogP contribution in [0.1, 0.15) is 57.2 Å². The van der Waals surface area contributed by atoms with Gasteiger partial charge in [0.15, 0.2) is 0 Å². The van der Waals surface area contributed by atoms with Crippen LogP contribution in [0.2, 0.25) is 0 Å². The lowest BCUT2D eigenvalue weighted by atomic mass is 9.97. The number of aromatic nitrogens is 1. The van der Waals surface area contributed by atoms with Crippen molar-refractivity contribution in [3.63, 3.8) is 0 Å². The normalized spacial score (nSPS) is 19.1. The molecule has 1 heterocycles. The molecule has 90 valence electrons. The van der Waals surface area contributed by atoms with Crippen LogP contribution >= 0.6 is 11.3 Å². The van der Waals surface area contributed by atoms with E-state index < -0.39 is 0 Å². The Labute approximate surface area is 102 Å². The smallest absolute Gasteiger partial charge is 0.0795 e. The van der Waals surface area contributed by atoms with Gasteiger partial charge in [-0.1, -0.05) is 32.6 Å². The Morgan fingerprint density at radius 3 is 2.94 bits per heavy atom. The first kappa shape index (κ1) is 12.1. The Kier molecular flexibility index (Phi) is 4.79. The second kappa shape index (κ2) is 6.36. The van der Waals surface area contributed by atoms with Crippen LogP contribution in [-0.2, 0) is 0 Å². The van der Waals surface area contributed by atoms with Crippen LogP contribution in [-0.4, -0.2) is 11.5 Å². The zero-order valence-corrected chi connectivity index (χ0v) is 10.9. The van der Waals surface area contributed by atoms with E-state index in [-0.39, 0.29) is 0 Å². The highest BCUT2D eigenvalue weighted by molar-refractivity contribution is 7.07. The SMILES string of the molecule is CCCNC(CC1CCCC1)c1cscn1. The predicted octanol–water partition coefficient (Wildman–Crippen LogP) is 3.76. The van der Waals surface area contributed by atoms with E-state index in [1.54, 1.807) is 11.3 Å². The molecule has 0 bridgehead atoms. The van der Waals surface area contributed by atoms with Gasteiger partial charge >= 0.3 is 0 Å². The Balaban J connectivity index is 1.91. The van der Waals surface area contributed by atoms with Crippen molar-refractivity contribution in [2.24, 2.45) is 5.92 Å². The van der Waals surface area contributed by atoms with E-state index in [2.05, 4.69) is 22.6 Å². The molecule has 1 unspecified atom stereocenters. The van der Waals surface area contributed by atoms with E-state index in [9.17, 15) is 0 Å². The Morgan fingerprint density at radius 2 is 2.31 bits per heavy atom. The molecular formula is C13H22N2S. The molecule has 0 amide bonds. The third kappa shape index (κ3) is 3.29. The minimum atomic E-state index is 0.495. The van der Waals surface area contributed by atoms with Gasteiger partial charge in [0.05, 0.1) is 17.2 Å². The largest absolute Gasteiger partial charge is 0.309 e. The van der Waals surface area contributed by atoms with Gasteiger partial charge in [-0.25, -0.2) is 4.98 Å². The van der Waals surface area contributed by atoms with Gasteiger partial charge in [0, 0.05) is 5.38 Å². The first-order valence-corrected chi connectivity index (χ1v) is 7.46. The van der Waals surface area contributed by atoms with Crippen molar-refractivity contribution in [2.75, 3.05) is 6.54 Å². The molecule has 16 heavy (non-hydrogen) atoms. The van der Waals surface area contributed by atoms with E-state index in [4.69, 9.17) is 0 Å². The van der Waals surface area contributed by atoms with Crippen molar-refractivity contribution >= 4 is 11.3 Å². The van der Waals surface area contributed by atoms with Crippen molar-refractivity contribution in [1.82, 2.24) is 10.3 Å². The molecule has 1 N–H and O–H groups in total. The molecule has 1 aromatic heterocycles. The average Bonchev–Trinajstić information content (AvgIpc) is 2.96. The monoisotopic (exact) mass is 238 g/mol. The standard InChI is InChI=1S/C13H22N2S/c1-2-7-14-12(13-9-16-10-15-13)8-11-5-3-4-6-11/h9-12,14H,2-8H2,1H3. The van der Waals surface area contributed by atoms with E-state index in [0.29, 0.717) is 6.04 Å². The minimum absolute atomic E-state index is 0.495. The molecule has 0 radical (unpaired) electrons. The maximum Gasteiger partial charge on any atom is 0.0795 e. The number of nitrogens with one attached hydrogen (secondary N) is 1. The topological polar surface area (TPSA) is 24.9 Å². The molecule has 3 heteroatoms. The van der Waals surface area contributed by atoms with Crippen LogP contribution in [0.4, 0.5) is 0 Å². The van der Waals surface area contributed by atoms with Crippen molar-refractivity contribution in [1.29, 1.82) is 0 Å². The van der Waals surface area contributed by atoms with Gasteiger partial charge in [0.25, 0.3) is 0 Å². The summed E-state index contributed by atoms with van der Waals surface area (Å²) >= 11 is 1.71. The molecule has 0 aliphatic heterocycles. The quantitative estimate of drug-likeness (QED) is 0.816. The minimum Gasteiger partial charge on any atom is -0.309 e. The number of nitrogens with zero attached hydrogens (tertiary/aromatic N) is 1. The Hall–Kier alpha value is -0.410. The molecule has 1 saturated carbocycles. The van der Waals surface area contributed by atoms with Crippen molar-refractivity contribution < 1.29 is 0 Å². The fraction of sp³-hybridized carbons (Fsp3) is 0.769. The van der Waals surface area contributed by atoms with Crippen molar-refractivity contribution in [3.8, 4) is 0 Å². The number of thiazole rings is 1. The highest BCUT2D eigenvalue weighted by atomic mass is 32.1. The van der Waals surface area contributed by atoms with Crippen LogP contribution in [0, 0.1) is 5.92 Å².